The number of amides is 1. The summed E-state index contributed by atoms with van der Waals surface area (Å²) in [5.41, 5.74) is 0. The number of rotatable bonds is 61. The molecule has 1 heterocycles. The molecule has 9 atom stereocenters. The second-order valence-corrected chi connectivity index (χ2v) is 24.6. The van der Waals surface area contributed by atoms with Crippen LogP contribution in [0.2, 0.25) is 0 Å². The lowest BCUT2D eigenvalue weighted by atomic mass is 9.98. The molecule has 0 saturated carbocycles. The van der Waals surface area contributed by atoms with Gasteiger partial charge in [0.05, 0.1) is 25.4 Å². The van der Waals surface area contributed by atoms with Gasteiger partial charge in [-0.05, 0) is 64.2 Å². The van der Waals surface area contributed by atoms with Gasteiger partial charge in [0.2, 0.25) is 5.91 Å². The molecular weight excluding hydrogens is 1000 g/mol. The molecule has 0 radical (unpaired) electrons. The van der Waals surface area contributed by atoms with E-state index in [1.807, 2.05) is 0 Å². The molecule has 80 heavy (non-hydrogen) atoms. The van der Waals surface area contributed by atoms with Crippen LogP contribution < -0.4 is 5.32 Å². The fourth-order valence-corrected chi connectivity index (χ4v) is 11.4. The minimum atomic E-state index is -1.67. The third-order valence-electron chi connectivity index (χ3n) is 17.0. The molecule has 0 aromatic rings. The Bertz CT molecular complexity index is 1350. The summed E-state index contributed by atoms with van der Waals surface area (Å²) < 4.78 is 11.2. The van der Waals surface area contributed by atoms with Crippen molar-refractivity contribution in [3.63, 3.8) is 0 Å². The lowest BCUT2D eigenvalue weighted by Gasteiger charge is -2.40. The number of nitrogens with one attached hydrogen (secondary N) is 1. The molecule has 0 aliphatic carbocycles. The molecule has 1 amide bonds. The van der Waals surface area contributed by atoms with Gasteiger partial charge in [-0.2, -0.15) is 0 Å². The highest BCUT2D eigenvalue weighted by molar-refractivity contribution is 5.80. The third kappa shape index (κ3) is 45.0. The third-order valence-corrected chi connectivity index (χ3v) is 17.0. The first-order valence-corrected chi connectivity index (χ1v) is 34.7. The standard InChI is InChI=1S/C69H133NO10/c1-3-5-7-9-11-13-15-17-19-21-23-25-27-28-29-30-31-32-33-34-35-37-38-40-42-44-46-48-50-52-54-56-61(72)64(74)60(59-79-69-67(77)66(76)65(75)63(58-71)80-69)70-68(78)62(73)57-55-53-51-49-47-45-43-41-39-36-26-24-22-20-18-16-14-12-10-8-6-4-2/h39,41,48,50,60-67,69,71-77H,3-38,40,42-47,49,51-59H2,1-2H3,(H,70,78)/b41-39-,50-48+. The number of hydrogen-bond donors (Lipinski definition) is 8. The van der Waals surface area contributed by atoms with Crippen molar-refractivity contribution in [1.29, 1.82) is 0 Å². The number of aliphatic hydroxyl groups is 7. The van der Waals surface area contributed by atoms with E-state index in [1.165, 1.54) is 244 Å². The number of carbonyl (C=O) groups is 1. The van der Waals surface area contributed by atoms with E-state index in [4.69, 9.17) is 9.47 Å². The maximum Gasteiger partial charge on any atom is 0.249 e. The van der Waals surface area contributed by atoms with Crippen LogP contribution in [0.3, 0.4) is 0 Å². The Balaban J connectivity index is 2.22. The molecule has 0 bridgehead atoms. The number of hydrogen-bond acceptors (Lipinski definition) is 10. The van der Waals surface area contributed by atoms with Crippen molar-refractivity contribution < 1.29 is 50.0 Å². The summed E-state index contributed by atoms with van der Waals surface area (Å²) in [6.07, 6.45) is 61.2. The van der Waals surface area contributed by atoms with Crippen LogP contribution in [0.25, 0.3) is 0 Å². The first-order valence-electron chi connectivity index (χ1n) is 34.7. The number of ether oxygens (including phenoxy) is 2. The topological polar surface area (TPSA) is 189 Å². The minimum absolute atomic E-state index is 0.249. The van der Waals surface area contributed by atoms with Crippen molar-refractivity contribution in [1.82, 2.24) is 5.32 Å². The molecule has 11 heteroatoms. The van der Waals surface area contributed by atoms with Gasteiger partial charge in [-0.15, -0.1) is 0 Å². The lowest BCUT2D eigenvalue weighted by Crippen LogP contribution is -2.60. The zero-order valence-electron chi connectivity index (χ0n) is 52.3. The molecule has 1 aliphatic rings. The van der Waals surface area contributed by atoms with Crippen molar-refractivity contribution in [3.8, 4) is 0 Å². The Labute approximate surface area is 493 Å². The van der Waals surface area contributed by atoms with E-state index in [1.54, 1.807) is 0 Å². The maximum atomic E-state index is 13.2. The Morgan fingerprint density at radius 2 is 0.738 bits per heavy atom. The maximum absolute atomic E-state index is 13.2. The Morgan fingerprint density at radius 3 is 1.07 bits per heavy atom. The molecule has 0 aromatic heterocycles. The summed E-state index contributed by atoms with van der Waals surface area (Å²) in [5.74, 6) is -0.706. The molecule has 474 valence electrons. The molecular formula is C69H133NO10. The molecule has 8 N–H and O–H groups in total. The zero-order valence-corrected chi connectivity index (χ0v) is 52.3. The number of unbranched alkanes of at least 4 members (excludes halogenated alkanes) is 45. The molecule has 0 spiro atoms. The molecule has 9 unspecified atom stereocenters. The monoisotopic (exact) mass is 1140 g/mol. The fourth-order valence-electron chi connectivity index (χ4n) is 11.4. The Kier molecular flexibility index (Phi) is 55.5. The van der Waals surface area contributed by atoms with E-state index in [-0.39, 0.29) is 12.8 Å². The first-order chi connectivity index (χ1) is 39.2. The number of allylic oxidation sites excluding steroid dienone is 4. The molecule has 1 rings (SSSR count). The predicted molar refractivity (Wildman–Crippen MR) is 335 cm³/mol. The smallest absolute Gasteiger partial charge is 0.249 e. The number of aliphatic hydroxyl groups excluding tert-OH is 7. The van der Waals surface area contributed by atoms with Crippen LogP contribution in [-0.2, 0) is 14.3 Å². The van der Waals surface area contributed by atoms with Crippen molar-refractivity contribution in [2.45, 2.75) is 396 Å². The van der Waals surface area contributed by atoms with Crippen molar-refractivity contribution >= 4 is 5.91 Å². The van der Waals surface area contributed by atoms with Crippen molar-refractivity contribution in [3.05, 3.63) is 24.3 Å². The van der Waals surface area contributed by atoms with Crippen molar-refractivity contribution in [2.75, 3.05) is 13.2 Å². The van der Waals surface area contributed by atoms with Gasteiger partial charge in [-0.25, -0.2) is 0 Å². The molecule has 1 fully saturated rings. The van der Waals surface area contributed by atoms with Crippen LogP contribution >= 0.6 is 0 Å². The predicted octanol–water partition coefficient (Wildman–Crippen LogP) is 16.4. The second-order valence-electron chi connectivity index (χ2n) is 24.6. The van der Waals surface area contributed by atoms with Crippen LogP contribution in [0.15, 0.2) is 24.3 Å². The van der Waals surface area contributed by atoms with Crippen LogP contribution in [-0.4, -0.2) is 110 Å². The Hall–Kier alpha value is -1.41. The van der Waals surface area contributed by atoms with Crippen LogP contribution in [0.4, 0.5) is 0 Å². The largest absolute Gasteiger partial charge is 0.394 e. The van der Waals surface area contributed by atoms with E-state index in [0.29, 0.717) is 12.8 Å². The van der Waals surface area contributed by atoms with Gasteiger partial charge in [0.25, 0.3) is 0 Å². The number of carbonyl (C=O) groups excluding carboxylic acids is 1. The van der Waals surface area contributed by atoms with Gasteiger partial charge in [0.1, 0.15) is 36.6 Å². The molecule has 1 aliphatic heterocycles. The van der Waals surface area contributed by atoms with E-state index in [2.05, 4.69) is 43.5 Å². The summed E-state index contributed by atoms with van der Waals surface area (Å²) in [5, 5.41) is 76.4. The highest BCUT2D eigenvalue weighted by Crippen LogP contribution is 2.24. The van der Waals surface area contributed by atoms with Gasteiger partial charge in [-0.1, -0.05) is 301 Å². The first kappa shape index (κ1) is 76.6. The minimum Gasteiger partial charge on any atom is -0.394 e. The van der Waals surface area contributed by atoms with Crippen LogP contribution in [0.5, 0.6) is 0 Å². The quantitative estimate of drug-likeness (QED) is 0.0215. The SMILES string of the molecule is CCCCCCCCCCCCCC/C=C\CCCCCCCCC(O)C(=O)NC(COC1OC(CO)C(O)C(O)C1O)C(O)C(O)CCC/C=C/CCCCCCCCCCCCCCCCCCCCCCCCCCCC. The average Bonchev–Trinajstić information content (AvgIpc) is 3.47. The highest BCUT2D eigenvalue weighted by atomic mass is 16.7. The molecule has 1 saturated heterocycles. The fraction of sp³-hybridized carbons (Fsp3) is 0.928. The lowest BCUT2D eigenvalue weighted by molar-refractivity contribution is -0.303. The summed E-state index contributed by atoms with van der Waals surface area (Å²) in [4.78, 5) is 13.2. The van der Waals surface area contributed by atoms with Crippen LogP contribution in [0, 0.1) is 0 Å². The summed E-state index contributed by atoms with van der Waals surface area (Å²) in [6.45, 7) is 3.49. The van der Waals surface area contributed by atoms with Gasteiger partial charge in [0.15, 0.2) is 6.29 Å². The Morgan fingerprint density at radius 1 is 0.425 bits per heavy atom. The van der Waals surface area contributed by atoms with Gasteiger partial charge in [0, 0.05) is 0 Å². The second kappa shape index (κ2) is 58.0. The normalized spacial score (nSPS) is 19.3. The summed E-state index contributed by atoms with van der Waals surface area (Å²) >= 11 is 0. The highest BCUT2D eigenvalue weighted by Gasteiger charge is 2.44. The van der Waals surface area contributed by atoms with Gasteiger partial charge < -0.3 is 50.5 Å². The van der Waals surface area contributed by atoms with E-state index in [9.17, 15) is 40.5 Å². The summed E-state index contributed by atoms with van der Waals surface area (Å²) in [6, 6.07) is -1.19. The van der Waals surface area contributed by atoms with Crippen molar-refractivity contribution in [2.24, 2.45) is 0 Å². The van der Waals surface area contributed by atoms with Crippen LogP contribution in [0.1, 0.15) is 341 Å². The van der Waals surface area contributed by atoms with E-state index < -0.39 is 74.2 Å². The average molecular weight is 1140 g/mol. The van der Waals surface area contributed by atoms with E-state index in [0.717, 1.165) is 57.8 Å². The van der Waals surface area contributed by atoms with Gasteiger partial charge in [-0.3, -0.25) is 4.79 Å². The molecule has 11 nitrogen and oxygen atoms in total. The van der Waals surface area contributed by atoms with E-state index >= 15 is 0 Å². The molecule has 0 aromatic carbocycles. The zero-order chi connectivity index (χ0) is 58.2. The summed E-state index contributed by atoms with van der Waals surface area (Å²) in [7, 11) is 0. The van der Waals surface area contributed by atoms with Gasteiger partial charge >= 0.3 is 0 Å².